The summed E-state index contributed by atoms with van der Waals surface area (Å²) in [5.41, 5.74) is 8.28. The van der Waals surface area contributed by atoms with Gasteiger partial charge >= 0.3 is 6.16 Å². The van der Waals surface area contributed by atoms with Gasteiger partial charge in [0.1, 0.15) is 5.82 Å². The third kappa shape index (κ3) is 6.24. The Kier molecular flexibility index (Phi) is 7.56. The second kappa shape index (κ2) is 11.1. The van der Waals surface area contributed by atoms with Gasteiger partial charge in [0.2, 0.25) is 0 Å². The number of nitrogens with zero attached hydrogens (tertiary/aromatic N) is 4. The van der Waals surface area contributed by atoms with Crippen LogP contribution in [0.4, 0.5) is 4.79 Å². The van der Waals surface area contributed by atoms with Crippen LogP contribution in [-0.2, 0) is 11.3 Å². The Morgan fingerprint density at radius 3 is 2.78 bits per heavy atom. The van der Waals surface area contributed by atoms with Crippen molar-refractivity contribution in [2.75, 3.05) is 0 Å². The second-order valence-corrected chi connectivity index (χ2v) is 8.35. The van der Waals surface area contributed by atoms with Crippen LogP contribution in [0.1, 0.15) is 37.6 Å². The molecule has 3 aromatic rings. The number of carbonyl (C=O) groups excluding carboxylic acids is 1. The molecule has 0 bridgehead atoms. The Balaban J connectivity index is 1.50. The predicted molar refractivity (Wildman–Crippen MR) is 134 cm³/mol. The van der Waals surface area contributed by atoms with E-state index in [0.29, 0.717) is 24.5 Å². The van der Waals surface area contributed by atoms with Gasteiger partial charge in [-0.2, -0.15) is 5.10 Å². The van der Waals surface area contributed by atoms with E-state index in [1.165, 1.54) is 23.1 Å². The molecule has 4 rings (SSSR count). The average molecular weight is 484 g/mol. The number of rotatable bonds is 6. The number of ether oxygens (including phenoxy) is 2. The van der Waals surface area contributed by atoms with Gasteiger partial charge in [0.25, 0.3) is 5.56 Å². The Bertz CT molecular complexity index is 1430. The van der Waals surface area contributed by atoms with Crippen molar-refractivity contribution in [3.63, 3.8) is 0 Å². The Morgan fingerprint density at radius 2 is 2.03 bits per heavy atom. The van der Waals surface area contributed by atoms with E-state index in [-0.39, 0.29) is 23.3 Å². The lowest BCUT2D eigenvalue weighted by Gasteiger charge is -2.16. The summed E-state index contributed by atoms with van der Waals surface area (Å²) in [4.78, 5) is 32.9. The molecule has 0 spiro atoms. The number of aromatic nitrogens is 4. The van der Waals surface area contributed by atoms with Gasteiger partial charge in [-0.05, 0) is 50.0 Å². The summed E-state index contributed by atoms with van der Waals surface area (Å²) in [5.74, 6) is 3.51. The van der Waals surface area contributed by atoms with Crippen LogP contribution in [0.2, 0.25) is 0 Å². The quantitative estimate of drug-likeness (QED) is 0.321. The minimum absolute atomic E-state index is 0.0907. The molecule has 2 heterocycles. The van der Waals surface area contributed by atoms with Gasteiger partial charge in [0.15, 0.2) is 5.75 Å². The van der Waals surface area contributed by atoms with Crippen LogP contribution in [0.5, 0.6) is 5.75 Å². The third-order valence-electron chi connectivity index (χ3n) is 5.22. The molecular weight excluding hydrogens is 458 g/mol. The highest BCUT2D eigenvalue weighted by Gasteiger charge is 2.17. The fourth-order valence-electron chi connectivity index (χ4n) is 3.65. The topological polar surface area (TPSA) is 122 Å². The molecule has 0 amide bonds. The molecule has 0 saturated heterocycles. The molecule has 1 aliphatic carbocycles. The standard InChI is InChI=1S/C27H25N5O4/c1-18(2)35-27(34)36-23-15-29-26(30-16-23)22-8-4-6-20(14-22)17-32-25(33)10-9-24(31-32)21-7-3-5-19(13-21)11-12-28/h3-7,9-10,13-16,18,22H,8,17,28H2,1-2H3. The Morgan fingerprint density at radius 1 is 1.22 bits per heavy atom. The first kappa shape index (κ1) is 24.4. The van der Waals surface area contributed by atoms with E-state index >= 15 is 0 Å². The third-order valence-corrected chi connectivity index (χ3v) is 5.22. The van der Waals surface area contributed by atoms with Crippen LogP contribution in [0.15, 0.2) is 77.4 Å². The summed E-state index contributed by atoms with van der Waals surface area (Å²) in [6.45, 7) is 3.76. The van der Waals surface area contributed by atoms with E-state index in [1.54, 1.807) is 19.9 Å². The van der Waals surface area contributed by atoms with Crippen molar-refractivity contribution in [3.05, 3.63) is 94.3 Å². The van der Waals surface area contributed by atoms with E-state index in [4.69, 9.17) is 15.2 Å². The zero-order valence-electron chi connectivity index (χ0n) is 19.9. The average Bonchev–Trinajstić information content (AvgIpc) is 2.86. The molecule has 1 aromatic carbocycles. The van der Waals surface area contributed by atoms with Crippen LogP contribution in [0.3, 0.4) is 0 Å². The molecule has 0 saturated carbocycles. The summed E-state index contributed by atoms with van der Waals surface area (Å²) in [6.07, 6.45) is 8.49. The molecular formula is C27H25N5O4. The van der Waals surface area contributed by atoms with E-state index < -0.39 is 6.16 Å². The molecule has 2 aromatic heterocycles. The highest BCUT2D eigenvalue weighted by atomic mass is 16.7. The van der Waals surface area contributed by atoms with Crippen molar-refractivity contribution >= 4 is 6.16 Å². The fraction of sp³-hybridized carbons (Fsp3) is 0.222. The van der Waals surface area contributed by atoms with E-state index in [9.17, 15) is 9.59 Å². The zero-order chi connectivity index (χ0) is 25.5. The largest absolute Gasteiger partial charge is 0.514 e. The highest BCUT2D eigenvalue weighted by Crippen LogP contribution is 2.26. The summed E-state index contributed by atoms with van der Waals surface area (Å²) in [7, 11) is 0. The maximum absolute atomic E-state index is 12.5. The van der Waals surface area contributed by atoms with Crippen molar-refractivity contribution in [1.29, 1.82) is 0 Å². The summed E-state index contributed by atoms with van der Waals surface area (Å²) in [5, 5.41) is 4.55. The fourth-order valence-corrected chi connectivity index (χ4v) is 3.65. The Labute approximate surface area is 208 Å². The van der Waals surface area contributed by atoms with Gasteiger partial charge in [-0.25, -0.2) is 19.4 Å². The van der Waals surface area contributed by atoms with E-state index in [1.807, 2.05) is 42.5 Å². The first-order chi connectivity index (χ1) is 17.4. The van der Waals surface area contributed by atoms with Crippen LogP contribution in [0.25, 0.3) is 11.3 Å². The van der Waals surface area contributed by atoms with Crippen LogP contribution in [0, 0.1) is 12.0 Å². The van der Waals surface area contributed by atoms with Crippen molar-refractivity contribution in [1.82, 2.24) is 19.7 Å². The lowest BCUT2D eigenvalue weighted by Crippen LogP contribution is -2.23. The van der Waals surface area contributed by atoms with Gasteiger partial charge in [-0.1, -0.05) is 30.4 Å². The molecule has 0 fully saturated rings. The molecule has 2 N–H and O–H groups in total. The molecule has 0 aliphatic heterocycles. The van der Waals surface area contributed by atoms with Crippen molar-refractivity contribution in [3.8, 4) is 29.0 Å². The SMILES string of the molecule is CC(C)OC(=O)Oc1cnc(C2C=C(Cn3nc(-c4cccc(C#CN)c4)ccc3=O)C=CC2)nc1. The van der Waals surface area contributed by atoms with Crippen molar-refractivity contribution in [2.45, 2.75) is 38.8 Å². The van der Waals surface area contributed by atoms with Crippen LogP contribution < -0.4 is 16.0 Å². The van der Waals surface area contributed by atoms with Crippen LogP contribution in [-0.4, -0.2) is 32.0 Å². The van der Waals surface area contributed by atoms with Gasteiger partial charge in [0, 0.05) is 29.2 Å². The van der Waals surface area contributed by atoms with Gasteiger partial charge in [0.05, 0.1) is 30.7 Å². The van der Waals surface area contributed by atoms with Gasteiger partial charge in [-0.15, -0.1) is 0 Å². The van der Waals surface area contributed by atoms with E-state index in [0.717, 1.165) is 16.7 Å². The molecule has 9 heteroatoms. The lowest BCUT2D eigenvalue weighted by molar-refractivity contribution is 0.0726. The number of hydrogen-bond acceptors (Lipinski definition) is 8. The Hall–Kier alpha value is -4.71. The summed E-state index contributed by atoms with van der Waals surface area (Å²) in [6, 6.07) is 13.1. The monoisotopic (exact) mass is 483 g/mol. The molecule has 1 atom stereocenters. The first-order valence-electron chi connectivity index (χ1n) is 11.4. The molecule has 1 aliphatic rings. The summed E-state index contributed by atoms with van der Waals surface area (Å²) < 4.78 is 11.5. The number of hydrogen-bond donors (Lipinski definition) is 1. The maximum Gasteiger partial charge on any atom is 0.514 e. The molecule has 36 heavy (non-hydrogen) atoms. The lowest BCUT2D eigenvalue weighted by atomic mass is 9.95. The predicted octanol–water partition coefficient (Wildman–Crippen LogP) is 3.56. The maximum atomic E-state index is 12.5. The number of nitrogens with two attached hydrogens (primary N) is 1. The molecule has 0 radical (unpaired) electrons. The van der Waals surface area contributed by atoms with Gasteiger partial charge in [-0.3, -0.25) is 4.79 Å². The molecule has 1 unspecified atom stereocenters. The van der Waals surface area contributed by atoms with Crippen molar-refractivity contribution in [2.24, 2.45) is 5.73 Å². The van der Waals surface area contributed by atoms with Crippen molar-refractivity contribution < 1.29 is 14.3 Å². The second-order valence-electron chi connectivity index (χ2n) is 8.35. The minimum Gasteiger partial charge on any atom is -0.431 e. The first-order valence-corrected chi connectivity index (χ1v) is 11.4. The normalized spacial score (nSPS) is 14.5. The van der Waals surface area contributed by atoms with E-state index in [2.05, 4.69) is 27.0 Å². The minimum atomic E-state index is -0.802. The highest BCUT2D eigenvalue weighted by molar-refractivity contribution is 5.63. The summed E-state index contributed by atoms with van der Waals surface area (Å²) >= 11 is 0. The van der Waals surface area contributed by atoms with Crippen LogP contribution >= 0.6 is 0 Å². The number of allylic oxidation sites excluding steroid dienone is 4. The zero-order valence-corrected chi connectivity index (χ0v) is 19.9. The smallest absolute Gasteiger partial charge is 0.431 e. The number of benzene rings is 1. The number of carbonyl (C=O) groups is 1. The molecule has 9 nitrogen and oxygen atoms in total. The van der Waals surface area contributed by atoms with Gasteiger partial charge < -0.3 is 15.2 Å². The molecule has 182 valence electrons.